The second-order valence-corrected chi connectivity index (χ2v) is 4.62. The van der Waals surface area contributed by atoms with Crippen molar-refractivity contribution in [1.29, 1.82) is 0 Å². The number of thiophene rings is 1. The Labute approximate surface area is 112 Å². The van der Waals surface area contributed by atoms with Crippen molar-refractivity contribution in [1.82, 2.24) is 5.32 Å². The molecule has 0 radical (unpaired) electrons. The van der Waals surface area contributed by atoms with Crippen molar-refractivity contribution in [2.45, 2.75) is 19.4 Å². The van der Waals surface area contributed by atoms with Crippen molar-refractivity contribution >= 4 is 17.2 Å². The zero-order valence-corrected chi connectivity index (χ0v) is 11.5. The van der Waals surface area contributed by atoms with Crippen LogP contribution in [0.15, 0.2) is 11.4 Å². The monoisotopic (exact) mass is 266 g/mol. The van der Waals surface area contributed by atoms with Gasteiger partial charge >= 0.3 is 0 Å². The highest BCUT2D eigenvalue weighted by Gasteiger charge is 2.15. The molecule has 0 spiro atoms. The Morgan fingerprint density at radius 1 is 1.67 bits per heavy atom. The van der Waals surface area contributed by atoms with Crippen molar-refractivity contribution in [3.8, 4) is 11.8 Å². The number of carbonyl (C=O) groups is 1. The summed E-state index contributed by atoms with van der Waals surface area (Å²) in [6, 6.07) is 1.86. The van der Waals surface area contributed by atoms with Crippen LogP contribution >= 0.6 is 11.3 Å². The van der Waals surface area contributed by atoms with E-state index in [2.05, 4.69) is 17.2 Å². The lowest BCUT2D eigenvalue weighted by atomic mass is 10.2. The van der Waals surface area contributed by atoms with Gasteiger partial charge in [-0.15, -0.1) is 11.3 Å². The Morgan fingerprint density at radius 3 is 3.06 bits per heavy atom. The van der Waals surface area contributed by atoms with E-state index in [1.54, 1.807) is 7.11 Å². The van der Waals surface area contributed by atoms with Gasteiger partial charge in [-0.1, -0.05) is 18.8 Å². The van der Waals surface area contributed by atoms with Crippen LogP contribution in [-0.2, 0) is 4.74 Å². The first kappa shape index (κ1) is 14.7. The molecule has 1 rings (SSSR count). The number of amides is 1. The van der Waals surface area contributed by atoms with Gasteiger partial charge in [-0.2, -0.15) is 0 Å². The topological polar surface area (TPSA) is 64.3 Å². The molecule has 4 nitrogen and oxygen atoms in total. The number of carbonyl (C=O) groups excluding carboxylic acids is 1. The van der Waals surface area contributed by atoms with Crippen molar-refractivity contribution in [3.05, 3.63) is 21.9 Å². The van der Waals surface area contributed by atoms with E-state index in [1.165, 1.54) is 11.3 Å². The molecule has 0 bridgehead atoms. The molecule has 0 saturated heterocycles. The smallest absolute Gasteiger partial charge is 0.262 e. The van der Waals surface area contributed by atoms with E-state index < -0.39 is 0 Å². The zero-order valence-electron chi connectivity index (χ0n) is 10.7. The summed E-state index contributed by atoms with van der Waals surface area (Å²) in [4.78, 5) is 12.7. The van der Waals surface area contributed by atoms with Gasteiger partial charge < -0.3 is 15.8 Å². The van der Waals surface area contributed by atoms with Crippen LogP contribution < -0.4 is 11.1 Å². The molecule has 0 aliphatic carbocycles. The third-order valence-corrected chi connectivity index (χ3v) is 3.31. The number of nitrogens with two attached hydrogens (primary N) is 1. The number of hydrogen-bond donors (Lipinski definition) is 2. The lowest BCUT2D eigenvalue weighted by Gasteiger charge is -2.15. The first-order chi connectivity index (χ1) is 8.72. The Hall–Kier alpha value is -1.35. The second kappa shape index (κ2) is 7.88. The van der Waals surface area contributed by atoms with Crippen LogP contribution in [0.25, 0.3) is 0 Å². The van der Waals surface area contributed by atoms with Crippen LogP contribution in [0.2, 0.25) is 0 Å². The highest BCUT2D eigenvalue weighted by Crippen LogP contribution is 2.16. The Bertz CT molecular complexity index is 445. The zero-order chi connectivity index (χ0) is 13.4. The Morgan fingerprint density at radius 2 is 2.44 bits per heavy atom. The molecule has 1 amide bonds. The van der Waals surface area contributed by atoms with Crippen molar-refractivity contribution in [3.63, 3.8) is 0 Å². The van der Waals surface area contributed by atoms with Gasteiger partial charge in [0, 0.05) is 12.7 Å². The number of hydrogen-bond acceptors (Lipinski definition) is 4. The summed E-state index contributed by atoms with van der Waals surface area (Å²) in [5.41, 5.74) is 6.06. The molecule has 3 N–H and O–H groups in total. The summed E-state index contributed by atoms with van der Waals surface area (Å²) in [5, 5.41) is 4.79. The standard InChI is InChI=1S/C13H18N2O2S/c1-3-11(9-17-2)15-13(16)12-10(5-4-7-14)6-8-18-12/h6,8,11H,3,7,9,14H2,1-2H3,(H,15,16). The third-order valence-electron chi connectivity index (χ3n) is 2.39. The Kier molecular flexibility index (Phi) is 6.44. The summed E-state index contributed by atoms with van der Waals surface area (Å²) in [6.07, 6.45) is 0.828. The first-order valence-corrected chi connectivity index (χ1v) is 6.67. The van der Waals surface area contributed by atoms with Crippen LogP contribution in [0.4, 0.5) is 0 Å². The third kappa shape index (κ3) is 4.15. The fraction of sp³-hybridized carbons (Fsp3) is 0.462. The molecular weight excluding hydrogens is 248 g/mol. The maximum atomic E-state index is 12.1. The predicted octanol–water partition coefficient (Wildman–Crippen LogP) is 1.21. The molecule has 0 aliphatic rings. The fourth-order valence-corrected chi connectivity index (χ4v) is 2.20. The van der Waals surface area contributed by atoms with E-state index in [0.29, 0.717) is 11.5 Å². The van der Waals surface area contributed by atoms with E-state index in [9.17, 15) is 4.79 Å². The van der Waals surface area contributed by atoms with Gasteiger partial charge in [-0.25, -0.2) is 0 Å². The average Bonchev–Trinajstić information content (AvgIpc) is 2.84. The molecule has 0 saturated carbocycles. The first-order valence-electron chi connectivity index (χ1n) is 5.79. The van der Waals surface area contributed by atoms with Crippen molar-refractivity contribution in [2.24, 2.45) is 5.73 Å². The van der Waals surface area contributed by atoms with E-state index >= 15 is 0 Å². The second-order valence-electron chi connectivity index (χ2n) is 3.70. The van der Waals surface area contributed by atoms with Gasteiger partial charge in [0.25, 0.3) is 5.91 Å². The van der Waals surface area contributed by atoms with Crippen LogP contribution in [0, 0.1) is 11.8 Å². The van der Waals surface area contributed by atoms with Crippen molar-refractivity contribution in [2.75, 3.05) is 20.3 Å². The largest absolute Gasteiger partial charge is 0.383 e. The lowest BCUT2D eigenvalue weighted by molar-refractivity contribution is 0.0898. The van der Waals surface area contributed by atoms with Crippen LogP contribution in [-0.4, -0.2) is 32.2 Å². The van der Waals surface area contributed by atoms with Crippen LogP contribution in [0.3, 0.4) is 0 Å². The lowest BCUT2D eigenvalue weighted by Crippen LogP contribution is -2.37. The maximum Gasteiger partial charge on any atom is 0.262 e. The molecular formula is C13H18N2O2S. The van der Waals surface area contributed by atoms with E-state index in [4.69, 9.17) is 10.5 Å². The summed E-state index contributed by atoms with van der Waals surface area (Å²) in [5.74, 6) is 5.56. The molecule has 1 heterocycles. The van der Waals surface area contributed by atoms with Gasteiger partial charge in [-0.3, -0.25) is 4.79 Å². The maximum absolute atomic E-state index is 12.1. The normalized spacial score (nSPS) is 11.5. The van der Waals surface area contributed by atoms with Gasteiger partial charge in [-0.05, 0) is 17.9 Å². The summed E-state index contributed by atoms with van der Waals surface area (Å²) >= 11 is 1.38. The molecule has 1 atom stereocenters. The summed E-state index contributed by atoms with van der Waals surface area (Å²) in [6.45, 7) is 2.81. The quantitative estimate of drug-likeness (QED) is 0.787. The highest BCUT2D eigenvalue weighted by molar-refractivity contribution is 7.12. The summed E-state index contributed by atoms with van der Waals surface area (Å²) in [7, 11) is 1.62. The number of methoxy groups -OCH3 is 1. The van der Waals surface area contributed by atoms with Gasteiger partial charge in [0.2, 0.25) is 0 Å². The highest BCUT2D eigenvalue weighted by atomic mass is 32.1. The van der Waals surface area contributed by atoms with E-state index in [1.807, 2.05) is 18.4 Å². The minimum absolute atomic E-state index is 0.0277. The van der Waals surface area contributed by atoms with Gasteiger partial charge in [0.1, 0.15) is 4.88 Å². The predicted molar refractivity (Wildman–Crippen MR) is 73.7 cm³/mol. The molecule has 18 heavy (non-hydrogen) atoms. The molecule has 5 heteroatoms. The minimum Gasteiger partial charge on any atom is -0.383 e. The molecule has 0 aliphatic heterocycles. The number of ether oxygens (including phenoxy) is 1. The number of rotatable bonds is 5. The molecule has 98 valence electrons. The Balaban J connectivity index is 2.74. The van der Waals surface area contributed by atoms with Crippen molar-refractivity contribution < 1.29 is 9.53 Å². The van der Waals surface area contributed by atoms with E-state index in [0.717, 1.165) is 12.0 Å². The molecule has 1 aromatic heterocycles. The molecule has 0 fully saturated rings. The molecule has 0 aromatic carbocycles. The van der Waals surface area contributed by atoms with Crippen LogP contribution in [0.5, 0.6) is 0 Å². The SMILES string of the molecule is CCC(COC)NC(=O)c1sccc1C#CCN. The van der Waals surface area contributed by atoms with Gasteiger partial charge in [0.05, 0.1) is 19.2 Å². The van der Waals surface area contributed by atoms with Gasteiger partial charge in [0.15, 0.2) is 0 Å². The fourth-order valence-electron chi connectivity index (χ4n) is 1.44. The minimum atomic E-state index is -0.102. The average molecular weight is 266 g/mol. The molecule has 1 aromatic rings. The number of nitrogens with one attached hydrogen (secondary N) is 1. The van der Waals surface area contributed by atoms with Crippen LogP contribution in [0.1, 0.15) is 28.6 Å². The summed E-state index contributed by atoms with van der Waals surface area (Å²) < 4.78 is 5.05. The van der Waals surface area contributed by atoms with E-state index in [-0.39, 0.29) is 18.5 Å². The molecule has 1 unspecified atom stereocenters.